The van der Waals surface area contributed by atoms with Gasteiger partial charge in [0, 0.05) is 17.7 Å². The van der Waals surface area contributed by atoms with Crippen molar-refractivity contribution in [2.75, 3.05) is 0 Å². The number of nitro groups is 2. The molecule has 0 fully saturated rings. The van der Waals surface area contributed by atoms with Crippen LogP contribution in [0.1, 0.15) is 10.4 Å². The molecule has 16 heavy (non-hydrogen) atoms. The minimum atomic E-state index is -1.00. The first-order chi connectivity index (χ1) is 7.34. The molecular formula is C7H2BrClN2O5. The second kappa shape index (κ2) is 4.54. The van der Waals surface area contributed by atoms with Crippen LogP contribution in [0.5, 0.6) is 0 Å². The summed E-state index contributed by atoms with van der Waals surface area (Å²) in [6.45, 7) is 0. The van der Waals surface area contributed by atoms with Crippen molar-refractivity contribution in [1.29, 1.82) is 0 Å². The van der Waals surface area contributed by atoms with Crippen LogP contribution in [0.2, 0.25) is 0 Å². The Morgan fingerprint density at radius 3 is 1.81 bits per heavy atom. The molecule has 0 bridgehead atoms. The van der Waals surface area contributed by atoms with E-state index in [0.29, 0.717) is 0 Å². The van der Waals surface area contributed by atoms with Crippen LogP contribution in [0.4, 0.5) is 11.4 Å². The quantitative estimate of drug-likeness (QED) is 0.485. The number of halogens is 2. The fourth-order valence-electron chi connectivity index (χ4n) is 0.973. The molecule has 1 rings (SSSR count). The summed E-state index contributed by atoms with van der Waals surface area (Å²) in [4.78, 5) is 30.3. The van der Waals surface area contributed by atoms with Crippen molar-refractivity contribution in [2.24, 2.45) is 0 Å². The molecule has 7 nitrogen and oxygen atoms in total. The van der Waals surface area contributed by atoms with Crippen molar-refractivity contribution in [2.45, 2.75) is 0 Å². The van der Waals surface area contributed by atoms with Gasteiger partial charge in [-0.15, -0.1) is 0 Å². The molecule has 9 heteroatoms. The number of hydrogen-bond donors (Lipinski definition) is 0. The third kappa shape index (κ3) is 2.34. The molecule has 1 aromatic carbocycles. The van der Waals surface area contributed by atoms with Gasteiger partial charge in [0.1, 0.15) is 0 Å². The summed E-state index contributed by atoms with van der Waals surface area (Å²) in [5.74, 6) is 0. The lowest BCUT2D eigenvalue weighted by molar-refractivity contribution is -0.395. The standard InChI is InChI=1S/C7H2BrClN2O5/c8-6-4(10(13)14)1-3(7(9)12)2-5(6)11(15)16/h1-2H. The number of nitro benzene ring substituents is 2. The predicted octanol–water partition coefficient (Wildman–Crippen LogP) is 2.64. The minimum Gasteiger partial charge on any atom is -0.276 e. The number of carbonyl (C=O) groups excluding carboxylic acids is 1. The number of benzene rings is 1. The van der Waals surface area contributed by atoms with Gasteiger partial charge in [0.25, 0.3) is 16.6 Å². The van der Waals surface area contributed by atoms with E-state index < -0.39 is 26.5 Å². The van der Waals surface area contributed by atoms with Crippen LogP contribution in [0.25, 0.3) is 0 Å². The average molecular weight is 309 g/mol. The van der Waals surface area contributed by atoms with Crippen molar-refractivity contribution in [3.8, 4) is 0 Å². The summed E-state index contributed by atoms with van der Waals surface area (Å²) in [6.07, 6.45) is 0. The van der Waals surface area contributed by atoms with Crippen LogP contribution in [-0.2, 0) is 0 Å². The van der Waals surface area contributed by atoms with Gasteiger partial charge in [-0.1, -0.05) is 0 Å². The van der Waals surface area contributed by atoms with Gasteiger partial charge < -0.3 is 0 Å². The first-order valence-electron chi connectivity index (χ1n) is 3.66. The van der Waals surface area contributed by atoms with E-state index >= 15 is 0 Å². The van der Waals surface area contributed by atoms with Crippen LogP contribution in [0.3, 0.4) is 0 Å². The molecule has 0 N–H and O–H groups in total. The molecule has 0 aliphatic heterocycles. The van der Waals surface area contributed by atoms with Gasteiger partial charge in [-0.25, -0.2) is 0 Å². The molecule has 0 aromatic heterocycles. The second-order valence-electron chi connectivity index (χ2n) is 2.62. The van der Waals surface area contributed by atoms with E-state index in [9.17, 15) is 25.0 Å². The summed E-state index contributed by atoms with van der Waals surface area (Å²) in [5.41, 5.74) is -1.47. The van der Waals surface area contributed by atoms with Crippen LogP contribution < -0.4 is 0 Å². The Balaban J connectivity index is 3.57. The van der Waals surface area contributed by atoms with E-state index in [1.54, 1.807) is 0 Å². The van der Waals surface area contributed by atoms with Crippen LogP contribution in [-0.4, -0.2) is 15.1 Å². The number of hydrogen-bond acceptors (Lipinski definition) is 5. The van der Waals surface area contributed by atoms with Crippen molar-refractivity contribution in [3.63, 3.8) is 0 Å². The molecule has 0 atom stereocenters. The molecule has 0 heterocycles. The Hall–Kier alpha value is -1.54. The SMILES string of the molecule is O=C(Cl)c1cc([N+](=O)[O-])c(Br)c([N+](=O)[O-])c1. The van der Waals surface area contributed by atoms with Crippen LogP contribution >= 0.6 is 27.5 Å². The van der Waals surface area contributed by atoms with Crippen molar-refractivity contribution >= 4 is 44.1 Å². The van der Waals surface area contributed by atoms with E-state index in [1.807, 2.05) is 0 Å². The highest BCUT2D eigenvalue weighted by Crippen LogP contribution is 2.35. The van der Waals surface area contributed by atoms with Crippen molar-refractivity contribution in [1.82, 2.24) is 0 Å². The Morgan fingerprint density at radius 2 is 1.56 bits per heavy atom. The maximum Gasteiger partial charge on any atom is 0.291 e. The summed E-state index contributed by atoms with van der Waals surface area (Å²) >= 11 is 7.84. The monoisotopic (exact) mass is 308 g/mol. The van der Waals surface area contributed by atoms with E-state index in [2.05, 4.69) is 15.9 Å². The molecule has 0 aliphatic carbocycles. The van der Waals surface area contributed by atoms with Crippen molar-refractivity contribution in [3.05, 3.63) is 42.4 Å². The van der Waals surface area contributed by atoms with E-state index in [-0.39, 0.29) is 10.0 Å². The summed E-state index contributed by atoms with van der Waals surface area (Å²) in [7, 11) is 0. The third-order valence-electron chi connectivity index (χ3n) is 1.65. The minimum absolute atomic E-state index is 0.302. The fraction of sp³-hybridized carbons (Fsp3) is 0. The molecule has 0 aliphatic rings. The van der Waals surface area contributed by atoms with Gasteiger partial charge in [-0.3, -0.25) is 25.0 Å². The molecule has 0 spiro atoms. The van der Waals surface area contributed by atoms with Gasteiger partial charge in [-0.2, -0.15) is 0 Å². The van der Waals surface area contributed by atoms with Gasteiger partial charge in [-0.05, 0) is 27.5 Å². The lowest BCUT2D eigenvalue weighted by Crippen LogP contribution is -1.99. The smallest absolute Gasteiger partial charge is 0.276 e. The highest BCUT2D eigenvalue weighted by Gasteiger charge is 2.26. The first kappa shape index (κ1) is 12.5. The summed E-state index contributed by atoms with van der Waals surface area (Å²) < 4.78 is -0.302. The van der Waals surface area contributed by atoms with Crippen LogP contribution in [0, 0.1) is 20.2 Å². The normalized spacial score (nSPS) is 9.88. The fourth-order valence-corrected chi connectivity index (χ4v) is 1.60. The molecule has 1 aromatic rings. The zero-order valence-corrected chi connectivity index (χ0v) is 9.69. The van der Waals surface area contributed by atoms with Crippen molar-refractivity contribution < 1.29 is 14.6 Å². The topological polar surface area (TPSA) is 103 Å². The molecular weight excluding hydrogens is 307 g/mol. The number of rotatable bonds is 3. The highest BCUT2D eigenvalue weighted by atomic mass is 79.9. The highest BCUT2D eigenvalue weighted by molar-refractivity contribution is 9.10. The largest absolute Gasteiger partial charge is 0.291 e. The Labute approximate surface area is 101 Å². The molecule has 0 saturated heterocycles. The molecule has 0 radical (unpaired) electrons. The Bertz CT molecular complexity index is 469. The molecule has 0 unspecified atom stereocenters. The Morgan fingerprint density at radius 1 is 1.19 bits per heavy atom. The second-order valence-corrected chi connectivity index (χ2v) is 3.75. The molecule has 0 amide bonds. The van der Waals surface area contributed by atoms with Gasteiger partial charge in [0.15, 0.2) is 4.47 Å². The Kier molecular flexibility index (Phi) is 3.55. The van der Waals surface area contributed by atoms with Gasteiger partial charge >= 0.3 is 0 Å². The van der Waals surface area contributed by atoms with Gasteiger partial charge in [0.05, 0.1) is 9.85 Å². The number of nitrogens with zero attached hydrogens (tertiary/aromatic N) is 2. The maximum absolute atomic E-state index is 10.8. The summed E-state index contributed by atoms with van der Waals surface area (Å²) in [6, 6.07) is 1.73. The molecule has 0 saturated carbocycles. The number of carbonyl (C=O) groups is 1. The maximum atomic E-state index is 10.8. The average Bonchev–Trinajstić information content (AvgIpc) is 2.16. The zero-order chi connectivity index (χ0) is 12.5. The van der Waals surface area contributed by atoms with Crippen LogP contribution in [0.15, 0.2) is 16.6 Å². The zero-order valence-electron chi connectivity index (χ0n) is 7.35. The third-order valence-corrected chi connectivity index (χ3v) is 2.69. The lowest BCUT2D eigenvalue weighted by Gasteiger charge is -1.99. The van der Waals surface area contributed by atoms with E-state index in [0.717, 1.165) is 12.1 Å². The van der Waals surface area contributed by atoms with E-state index in [4.69, 9.17) is 11.6 Å². The van der Waals surface area contributed by atoms with E-state index in [1.165, 1.54) is 0 Å². The van der Waals surface area contributed by atoms with Gasteiger partial charge in [0.2, 0.25) is 0 Å². The summed E-state index contributed by atoms with van der Waals surface area (Å²) in [5, 5.41) is 20.1. The lowest BCUT2D eigenvalue weighted by atomic mass is 10.2. The molecule has 84 valence electrons. The first-order valence-corrected chi connectivity index (χ1v) is 4.84. The predicted molar refractivity (Wildman–Crippen MR) is 57.6 cm³/mol.